The first-order chi connectivity index (χ1) is 12.8. The lowest BCUT2D eigenvalue weighted by Gasteiger charge is -2.10. The number of rotatable bonds is 5. The molecule has 2 heterocycles. The summed E-state index contributed by atoms with van der Waals surface area (Å²) in [6.45, 7) is -0.517. The van der Waals surface area contributed by atoms with Gasteiger partial charge in [0.25, 0.3) is 5.56 Å². The zero-order valence-corrected chi connectivity index (χ0v) is 13.7. The van der Waals surface area contributed by atoms with E-state index in [1.54, 1.807) is 0 Å². The zero-order valence-electron chi connectivity index (χ0n) is 13.7. The predicted molar refractivity (Wildman–Crippen MR) is 87.5 cm³/mol. The summed E-state index contributed by atoms with van der Waals surface area (Å²) in [4.78, 5) is 27.5. The van der Waals surface area contributed by atoms with Gasteiger partial charge in [0.1, 0.15) is 24.1 Å². The molecule has 3 aromatic rings. The second-order valence-electron chi connectivity index (χ2n) is 5.72. The largest absolute Gasteiger partial charge is 0.419 e. The zero-order chi connectivity index (χ0) is 19.8. The number of carbonyl (C=O) groups excluding carboxylic acids is 1. The molecule has 0 amide bonds. The Hall–Kier alpha value is -3.01. The van der Waals surface area contributed by atoms with Crippen molar-refractivity contribution in [3.63, 3.8) is 0 Å². The first kappa shape index (κ1) is 18.8. The first-order valence-corrected chi connectivity index (χ1v) is 7.77. The summed E-state index contributed by atoms with van der Waals surface area (Å²) in [5.41, 5.74) is -1.88. The molecule has 142 valence electrons. The minimum Gasteiger partial charge on any atom is -0.395 e. The van der Waals surface area contributed by atoms with E-state index in [-0.39, 0.29) is 41.9 Å². The van der Waals surface area contributed by atoms with Crippen molar-refractivity contribution in [1.82, 2.24) is 14.1 Å². The summed E-state index contributed by atoms with van der Waals surface area (Å²) in [6.07, 6.45) is -1.91. The van der Waals surface area contributed by atoms with Crippen LogP contribution in [0.5, 0.6) is 0 Å². The van der Waals surface area contributed by atoms with E-state index in [4.69, 9.17) is 0 Å². The maximum Gasteiger partial charge on any atom is 0.419 e. The maximum atomic E-state index is 13.6. The molecule has 0 spiro atoms. The van der Waals surface area contributed by atoms with Gasteiger partial charge in [-0.2, -0.15) is 13.2 Å². The Bertz CT molecular complexity index is 1070. The van der Waals surface area contributed by atoms with Crippen LogP contribution in [0.2, 0.25) is 0 Å². The van der Waals surface area contributed by atoms with Gasteiger partial charge in [0.15, 0.2) is 0 Å². The molecule has 0 aliphatic carbocycles. The summed E-state index contributed by atoms with van der Waals surface area (Å²) in [5, 5.41) is 9.16. The average Bonchev–Trinajstić information content (AvgIpc) is 2.97. The summed E-state index contributed by atoms with van der Waals surface area (Å²) < 4.78 is 55.1. The van der Waals surface area contributed by atoms with Gasteiger partial charge in [-0.15, -0.1) is 0 Å². The number of alkyl halides is 3. The van der Waals surface area contributed by atoms with E-state index >= 15 is 0 Å². The standard InChI is InChI=1S/C17H13F4N3O3/c18-13-2-1-10(7-12(13)17(19,20)21)11-8-23(3-5-25)15-14(11)16(27)24(4-6-26)9-22-15/h1-2,6-9,25H,3-5H2. The highest BCUT2D eigenvalue weighted by atomic mass is 19.4. The second kappa shape index (κ2) is 6.95. The van der Waals surface area contributed by atoms with Crippen molar-refractivity contribution >= 4 is 17.3 Å². The van der Waals surface area contributed by atoms with Crippen LogP contribution in [0.4, 0.5) is 17.6 Å². The Kier molecular flexibility index (Phi) is 4.83. The van der Waals surface area contributed by atoms with Gasteiger partial charge in [0, 0.05) is 18.3 Å². The molecule has 0 aliphatic heterocycles. The SMILES string of the molecule is O=CCn1cnc2c(c(-c3ccc(F)c(C(F)(F)F)c3)cn2CCO)c1=O. The van der Waals surface area contributed by atoms with Gasteiger partial charge in [-0.25, -0.2) is 9.37 Å². The van der Waals surface area contributed by atoms with Crippen molar-refractivity contribution in [1.29, 1.82) is 0 Å². The lowest BCUT2D eigenvalue weighted by atomic mass is 10.0. The van der Waals surface area contributed by atoms with Crippen LogP contribution in [-0.2, 0) is 24.1 Å². The lowest BCUT2D eigenvalue weighted by Crippen LogP contribution is -2.21. The van der Waals surface area contributed by atoms with Crippen LogP contribution < -0.4 is 5.56 Å². The van der Waals surface area contributed by atoms with Gasteiger partial charge in [-0.05, 0) is 17.7 Å². The fourth-order valence-corrected chi connectivity index (χ4v) is 2.83. The average molecular weight is 383 g/mol. The first-order valence-electron chi connectivity index (χ1n) is 7.77. The molecule has 1 N–H and O–H groups in total. The molecular weight excluding hydrogens is 370 g/mol. The third-order valence-electron chi connectivity index (χ3n) is 4.04. The fourth-order valence-electron chi connectivity index (χ4n) is 2.83. The maximum absolute atomic E-state index is 13.6. The van der Waals surface area contributed by atoms with Crippen molar-refractivity contribution in [3.05, 3.63) is 52.5 Å². The van der Waals surface area contributed by atoms with Crippen LogP contribution in [0.25, 0.3) is 22.2 Å². The third-order valence-corrected chi connectivity index (χ3v) is 4.04. The minimum atomic E-state index is -4.90. The topological polar surface area (TPSA) is 77.1 Å². The fraction of sp³-hybridized carbons (Fsp3) is 0.235. The Morgan fingerprint density at radius 2 is 1.96 bits per heavy atom. The number of aliphatic hydroxyl groups is 1. The number of benzene rings is 1. The van der Waals surface area contributed by atoms with Gasteiger partial charge >= 0.3 is 6.18 Å². The predicted octanol–water partition coefficient (Wildman–Crippen LogP) is 2.21. The van der Waals surface area contributed by atoms with Crippen molar-refractivity contribution in [2.24, 2.45) is 0 Å². The van der Waals surface area contributed by atoms with Gasteiger partial charge in [0.05, 0.1) is 24.1 Å². The molecular formula is C17H13F4N3O3. The number of hydrogen-bond donors (Lipinski definition) is 1. The van der Waals surface area contributed by atoms with E-state index in [0.717, 1.165) is 17.0 Å². The molecule has 0 fully saturated rings. The molecule has 0 saturated carbocycles. The number of aldehydes is 1. The van der Waals surface area contributed by atoms with Crippen molar-refractivity contribution in [2.75, 3.05) is 6.61 Å². The molecule has 10 heteroatoms. The molecule has 0 unspecified atom stereocenters. The molecule has 1 aromatic carbocycles. The molecule has 2 aromatic heterocycles. The van der Waals surface area contributed by atoms with E-state index < -0.39 is 23.1 Å². The van der Waals surface area contributed by atoms with Crippen LogP contribution in [0, 0.1) is 5.82 Å². The molecule has 0 atom stereocenters. The van der Waals surface area contributed by atoms with Crippen molar-refractivity contribution < 1.29 is 27.5 Å². The Morgan fingerprint density at radius 1 is 1.22 bits per heavy atom. The number of hydrogen-bond acceptors (Lipinski definition) is 4. The van der Waals surface area contributed by atoms with E-state index in [1.807, 2.05) is 0 Å². The van der Waals surface area contributed by atoms with Crippen LogP contribution in [-0.4, -0.2) is 32.1 Å². The Morgan fingerprint density at radius 3 is 2.59 bits per heavy atom. The number of aromatic nitrogens is 3. The van der Waals surface area contributed by atoms with Gasteiger partial charge in [0.2, 0.25) is 0 Å². The van der Waals surface area contributed by atoms with E-state index in [2.05, 4.69) is 4.98 Å². The molecule has 0 saturated heterocycles. The quantitative estimate of drug-likeness (QED) is 0.541. The molecule has 0 aliphatic rings. The van der Waals surface area contributed by atoms with Crippen LogP contribution in [0.1, 0.15) is 5.56 Å². The molecule has 6 nitrogen and oxygen atoms in total. The number of aliphatic hydroxyl groups excluding tert-OH is 1. The van der Waals surface area contributed by atoms with E-state index in [9.17, 15) is 32.3 Å². The molecule has 0 bridgehead atoms. The van der Waals surface area contributed by atoms with Crippen molar-refractivity contribution in [3.8, 4) is 11.1 Å². The number of carbonyl (C=O) groups is 1. The van der Waals surface area contributed by atoms with Gasteiger partial charge < -0.3 is 14.5 Å². The third kappa shape index (κ3) is 3.35. The molecule has 0 radical (unpaired) electrons. The number of fused-ring (bicyclic) bond motifs is 1. The summed E-state index contributed by atoms with van der Waals surface area (Å²) in [5.74, 6) is -1.43. The summed E-state index contributed by atoms with van der Waals surface area (Å²) in [7, 11) is 0. The Balaban J connectivity index is 2.32. The summed E-state index contributed by atoms with van der Waals surface area (Å²) in [6, 6.07) is 2.41. The van der Waals surface area contributed by atoms with E-state index in [0.29, 0.717) is 18.4 Å². The Labute approximate surface area is 149 Å². The van der Waals surface area contributed by atoms with Gasteiger partial charge in [-0.1, -0.05) is 6.07 Å². The molecule has 27 heavy (non-hydrogen) atoms. The van der Waals surface area contributed by atoms with Crippen LogP contribution in [0.15, 0.2) is 35.5 Å². The highest BCUT2D eigenvalue weighted by Gasteiger charge is 2.34. The number of halogens is 4. The highest BCUT2D eigenvalue weighted by molar-refractivity contribution is 5.93. The number of nitrogens with zero attached hydrogens (tertiary/aromatic N) is 3. The molecule has 3 rings (SSSR count). The minimum absolute atomic E-state index is 0.0208. The van der Waals surface area contributed by atoms with Crippen LogP contribution in [0.3, 0.4) is 0 Å². The summed E-state index contributed by atoms with van der Waals surface area (Å²) >= 11 is 0. The second-order valence-corrected chi connectivity index (χ2v) is 5.72. The normalized spacial score (nSPS) is 11.9. The monoisotopic (exact) mass is 383 g/mol. The van der Waals surface area contributed by atoms with Gasteiger partial charge in [-0.3, -0.25) is 9.36 Å². The van der Waals surface area contributed by atoms with Crippen LogP contribution >= 0.6 is 0 Å². The lowest BCUT2D eigenvalue weighted by molar-refractivity contribution is -0.139. The van der Waals surface area contributed by atoms with Crippen molar-refractivity contribution in [2.45, 2.75) is 19.3 Å². The highest BCUT2D eigenvalue weighted by Crippen LogP contribution is 2.36. The smallest absolute Gasteiger partial charge is 0.395 e. The van der Waals surface area contributed by atoms with E-state index in [1.165, 1.54) is 10.8 Å².